The van der Waals surface area contributed by atoms with Crippen molar-refractivity contribution in [2.45, 2.75) is 6.42 Å². The number of aromatic nitrogens is 1. The first-order valence-corrected chi connectivity index (χ1v) is 9.10. The molecule has 10 heteroatoms. The normalized spacial score (nSPS) is 10.2. The van der Waals surface area contributed by atoms with Gasteiger partial charge in [-0.15, -0.1) is 17.9 Å². The van der Waals surface area contributed by atoms with Crippen LogP contribution >= 0.6 is 11.3 Å². The van der Waals surface area contributed by atoms with E-state index in [1.54, 1.807) is 6.08 Å². The quantitative estimate of drug-likeness (QED) is 0.460. The number of carbonyl (C=O) groups excluding carboxylic acids is 3. The fourth-order valence-electron chi connectivity index (χ4n) is 2.13. The van der Waals surface area contributed by atoms with E-state index in [0.717, 1.165) is 0 Å². The van der Waals surface area contributed by atoms with Crippen molar-refractivity contribution in [2.24, 2.45) is 5.73 Å². The third-order valence-electron chi connectivity index (χ3n) is 3.46. The number of thiazole rings is 1. The van der Waals surface area contributed by atoms with E-state index in [9.17, 15) is 18.8 Å². The van der Waals surface area contributed by atoms with Gasteiger partial charge in [-0.05, 0) is 24.3 Å². The second-order valence-corrected chi connectivity index (χ2v) is 6.38. The van der Waals surface area contributed by atoms with Gasteiger partial charge in [0, 0.05) is 30.6 Å². The number of rotatable bonds is 10. The number of nitrogens with one attached hydrogen (secondary N) is 1. The van der Waals surface area contributed by atoms with Gasteiger partial charge in [0.05, 0.1) is 0 Å². The first-order chi connectivity index (χ1) is 13.4. The molecule has 2 rings (SSSR count). The van der Waals surface area contributed by atoms with E-state index in [2.05, 4.69) is 16.9 Å². The Morgan fingerprint density at radius 2 is 2.04 bits per heavy atom. The van der Waals surface area contributed by atoms with Crippen LogP contribution in [0.2, 0.25) is 0 Å². The minimum atomic E-state index is -0.759. The molecule has 28 heavy (non-hydrogen) atoms. The molecule has 0 aliphatic carbocycles. The van der Waals surface area contributed by atoms with E-state index in [1.807, 2.05) is 0 Å². The number of anilines is 2. The largest absolute Gasteiger partial charge is 0.451 e. The highest BCUT2D eigenvalue weighted by atomic mass is 32.1. The van der Waals surface area contributed by atoms with Gasteiger partial charge in [0.1, 0.15) is 5.82 Å². The van der Waals surface area contributed by atoms with Crippen LogP contribution in [-0.2, 0) is 14.3 Å². The van der Waals surface area contributed by atoms with Gasteiger partial charge >= 0.3 is 5.97 Å². The van der Waals surface area contributed by atoms with Crippen molar-refractivity contribution in [1.29, 1.82) is 0 Å². The first-order valence-electron chi connectivity index (χ1n) is 8.22. The number of hydrogen-bond donors (Lipinski definition) is 2. The Bertz CT molecular complexity index is 854. The number of nitrogens with two attached hydrogens (primary N) is 1. The predicted molar refractivity (Wildman–Crippen MR) is 104 cm³/mol. The van der Waals surface area contributed by atoms with Crippen molar-refractivity contribution in [1.82, 2.24) is 4.98 Å². The van der Waals surface area contributed by atoms with Crippen LogP contribution in [0.5, 0.6) is 0 Å². The van der Waals surface area contributed by atoms with E-state index in [1.165, 1.54) is 45.9 Å². The summed E-state index contributed by atoms with van der Waals surface area (Å²) in [5.74, 6) is -2.41. The molecule has 0 fully saturated rings. The third kappa shape index (κ3) is 6.16. The molecule has 0 saturated carbocycles. The molecule has 1 aromatic carbocycles. The number of halogens is 1. The third-order valence-corrected chi connectivity index (χ3v) is 4.26. The molecular weight excluding hydrogens is 387 g/mol. The molecule has 0 aliphatic heterocycles. The van der Waals surface area contributed by atoms with Crippen LogP contribution in [0.1, 0.15) is 16.9 Å². The van der Waals surface area contributed by atoms with Crippen LogP contribution < -0.4 is 16.0 Å². The number of hydrogen-bond acceptors (Lipinski definition) is 7. The Morgan fingerprint density at radius 3 is 2.68 bits per heavy atom. The average Bonchev–Trinajstić information content (AvgIpc) is 3.14. The Kier molecular flexibility index (Phi) is 7.64. The molecule has 0 radical (unpaired) electrons. The topological polar surface area (TPSA) is 115 Å². The lowest BCUT2D eigenvalue weighted by molar-refractivity contribution is -0.121. The van der Waals surface area contributed by atoms with Crippen LogP contribution in [0.3, 0.4) is 0 Å². The van der Waals surface area contributed by atoms with Gasteiger partial charge in [-0.1, -0.05) is 6.08 Å². The highest BCUT2D eigenvalue weighted by Crippen LogP contribution is 2.17. The van der Waals surface area contributed by atoms with Crippen molar-refractivity contribution in [3.05, 3.63) is 53.8 Å². The summed E-state index contributed by atoms with van der Waals surface area (Å²) in [5, 5.41) is 4.96. The number of carbonyl (C=O) groups is 3. The molecule has 148 valence electrons. The zero-order valence-electron chi connectivity index (χ0n) is 14.9. The maximum Gasteiger partial charge on any atom is 0.358 e. The Morgan fingerprint density at radius 1 is 1.32 bits per heavy atom. The summed E-state index contributed by atoms with van der Waals surface area (Å²) >= 11 is 1.21. The SMILES string of the molecule is C=CCNc1nc(C(=O)OCC(=O)N(CCC(N)=O)c2ccc(F)cc2)cs1. The summed E-state index contributed by atoms with van der Waals surface area (Å²) in [7, 11) is 0. The second-order valence-electron chi connectivity index (χ2n) is 5.52. The number of primary amides is 1. The van der Waals surface area contributed by atoms with Crippen molar-refractivity contribution >= 4 is 39.9 Å². The molecule has 0 atom stereocenters. The van der Waals surface area contributed by atoms with Gasteiger partial charge in [0.25, 0.3) is 5.91 Å². The van der Waals surface area contributed by atoms with Crippen LogP contribution in [-0.4, -0.2) is 42.5 Å². The summed E-state index contributed by atoms with van der Waals surface area (Å²) in [6.45, 7) is 3.47. The van der Waals surface area contributed by atoms with Gasteiger partial charge < -0.3 is 20.7 Å². The smallest absolute Gasteiger partial charge is 0.358 e. The van der Waals surface area contributed by atoms with Crippen molar-refractivity contribution in [2.75, 3.05) is 29.9 Å². The fraction of sp³-hybridized carbons (Fsp3) is 0.222. The minimum absolute atomic E-state index is 0.0241. The van der Waals surface area contributed by atoms with Gasteiger partial charge in [0.2, 0.25) is 5.91 Å². The van der Waals surface area contributed by atoms with Crippen molar-refractivity contribution in [3.63, 3.8) is 0 Å². The number of ether oxygens (including phenoxy) is 1. The maximum absolute atomic E-state index is 13.1. The molecular formula is C18H19FN4O4S. The standard InChI is InChI=1S/C18H19FN4O4S/c1-2-8-21-18-22-14(11-28-18)17(26)27-10-16(25)23(9-7-15(20)24)13-5-3-12(19)4-6-13/h2-6,11H,1,7-10H2,(H2,20,24)(H,21,22). The van der Waals surface area contributed by atoms with E-state index in [4.69, 9.17) is 10.5 Å². The lowest BCUT2D eigenvalue weighted by Gasteiger charge is -2.22. The summed E-state index contributed by atoms with van der Waals surface area (Å²) in [6, 6.07) is 5.12. The molecule has 0 unspecified atom stereocenters. The predicted octanol–water partition coefficient (Wildman–Crippen LogP) is 1.95. The Labute approximate surface area is 164 Å². The van der Waals surface area contributed by atoms with E-state index < -0.39 is 30.2 Å². The molecule has 1 heterocycles. The number of benzene rings is 1. The molecule has 0 bridgehead atoms. The highest BCUT2D eigenvalue weighted by Gasteiger charge is 2.20. The highest BCUT2D eigenvalue weighted by molar-refractivity contribution is 7.13. The second kappa shape index (κ2) is 10.2. The lowest BCUT2D eigenvalue weighted by atomic mass is 10.2. The Hall–Kier alpha value is -3.27. The molecule has 2 amide bonds. The van der Waals surface area contributed by atoms with Crippen molar-refractivity contribution < 1.29 is 23.5 Å². The fourth-order valence-corrected chi connectivity index (χ4v) is 2.82. The number of nitrogens with zero attached hydrogens (tertiary/aromatic N) is 2. The minimum Gasteiger partial charge on any atom is -0.451 e. The van der Waals surface area contributed by atoms with Crippen LogP contribution in [0.25, 0.3) is 0 Å². The molecule has 3 N–H and O–H groups in total. The zero-order valence-corrected chi connectivity index (χ0v) is 15.7. The number of esters is 1. The van der Waals surface area contributed by atoms with Crippen LogP contribution in [0.4, 0.5) is 15.2 Å². The van der Waals surface area contributed by atoms with Crippen LogP contribution in [0, 0.1) is 5.82 Å². The van der Waals surface area contributed by atoms with Gasteiger partial charge in [-0.25, -0.2) is 14.2 Å². The zero-order chi connectivity index (χ0) is 20.5. The van der Waals surface area contributed by atoms with E-state index in [-0.39, 0.29) is 18.7 Å². The molecule has 0 aliphatic rings. The number of amides is 2. The molecule has 1 aromatic heterocycles. The van der Waals surface area contributed by atoms with Gasteiger partial charge in [-0.2, -0.15) is 0 Å². The first kappa shape index (κ1) is 21.0. The molecule has 8 nitrogen and oxygen atoms in total. The van der Waals surface area contributed by atoms with E-state index in [0.29, 0.717) is 17.4 Å². The van der Waals surface area contributed by atoms with Crippen molar-refractivity contribution in [3.8, 4) is 0 Å². The monoisotopic (exact) mass is 406 g/mol. The summed E-state index contributed by atoms with van der Waals surface area (Å²) in [5.41, 5.74) is 5.56. The van der Waals surface area contributed by atoms with Gasteiger partial charge in [0.15, 0.2) is 17.4 Å². The summed E-state index contributed by atoms with van der Waals surface area (Å²) in [6.07, 6.45) is 1.55. The maximum atomic E-state index is 13.1. The lowest BCUT2D eigenvalue weighted by Crippen LogP contribution is -2.37. The summed E-state index contributed by atoms with van der Waals surface area (Å²) < 4.78 is 18.1. The van der Waals surface area contributed by atoms with Gasteiger partial charge in [-0.3, -0.25) is 9.59 Å². The van der Waals surface area contributed by atoms with Crippen LogP contribution in [0.15, 0.2) is 42.3 Å². The van der Waals surface area contributed by atoms with E-state index >= 15 is 0 Å². The summed E-state index contributed by atoms with van der Waals surface area (Å²) in [4.78, 5) is 40.9. The molecule has 2 aromatic rings. The Balaban J connectivity index is 2.00. The molecule has 0 saturated heterocycles. The molecule has 0 spiro atoms. The average molecular weight is 406 g/mol.